The Kier molecular flexibility index (Phi) is 7.79. The summed E-state index contributed by atoms with van der Waals surface area (Å²) in [5.41, 5.74) is 16.7. The maximum Gasteiger partial charge on any atom is 0.0736 e. The van der Waals surface area contributed by atoms with Crippen molar-refractivity contribution >= 4 is 61.4 Å². The van der Waals surface area contributed by atoms with Gasteiger partial charge in [-0.1, -0.05) is 176 Å². The Balaban J connectivity index is 1.13. The minimum absolute atomic E-state index is 0.515. The van der Waals surface area contributed by atoms with Crippen molar-refractivity contribution in [3.8, 4) is 27.9 Å². The van der Waals surface area contributed by atoms with Crippen molar-refractivity contribution in [2.75, 3.05) is 4.90 Å². The first-order chi connectivity index (χ1) is 30.8. The summed E-state index contributed by atoms with van der Waals surface area (Å²) in [4.78, 5) is 5.12. The lowest BCUT2D eigenvalue weighted by atomic mass is 9.67. The molecule has 0 unspecified atom stereocenters. The lowest BCUT2D eigenvalue weighted by Gasteiger charge is -2.39. The number of fused-ring (bicyclic) bond motifs is 14. The zero-order chi connectivity index (χ0) is 40.8. The zero-order valence-electron chi connectivity index (χ0n) is 33.7. The SMILES string of the molecule is c1ccc(-c2ccc(N(c3ccc4c(c3)c3ccccc3n4-c3ccccc3)c3cccc4c3-c3c(ccc5ccccc35)C43c4ccccc4Sc4ccccc43)cc2)cc1. The van der Waals surface area contributed by atoms with Crippen molar-refractivity contribution in [3.05, 3.63) is 253 Å². The molecule has 62 heavy (non-hydrogen) atoms. The topological polar surface area (TPSA) is 8.17 Å². The Morgan fingerprint density at radius 3 is 1.73 bits per heavy atom. The van der Waals surface area contributed by atoms with Crippen LogP contribution in [0.3, 0.4) is 0 Å². The normalized spacial score (nSPS) is 13.2. The van der Waals surface area contributed by atoms with Crippen LogP contribution in [0.5, 0.6) is 0 Å². The number of anilines is 3. The summed E-state index contributed by atoms with van der Waals surface area (Å²) in [5.74, 6) is 0. The summed E-state index contributed by atoms with van der Waals surface area (Å²) in [6, 6.07) is 85.4. The van der Waals surface area contributed by atoms with Crippen LogP contribution >= 0.6 is 11.8 Å². The molecule has 0 atom stereocenters. The fourth-order valence-electron chi connectivity index (χ4n) is 10.7. The number of rotatable bonds is 5. The molecule has 2 aliphatic rings. The van der Waals surface area contributed by atoms with Crippen LogP contribution in [-0.4, -0.2) is 4.57 Å². The molecule has 1 aliphatic carbocycles. The van der Waals surface area contributed by atoms with Crippen LogP contribution in [0.4, 0.5) is 17.1 Å². The van der Waals surface area contributed by atoms with Gasteiger partial charge in [0.25, 0.3) is 0 Å². The molecule has 3 heteroatoms. The van der Waals surface area contributed by atoms with E-state index < -0.39 is 5.41 Å². The summed E-state index contributed by atoms with van der Waals surface area (Å²) in [6.45, 7) is 0. The number of hydrogen-bond donors (Lipinski definition) is 0. The second-order valence-corrected chi connectivity index (χ2v) is 17.5. The number of para-hydroxylation sites is 2. The first-order valence-corrected chi connectivity index (χ1v) is 22.2. The minimum Gasteiger partial charge on any atom is -0.310 e. The van der Waals surface area contributed by atoms with Gasteiger partial charge in [-0.2, -0.15) is 0 Å². The van der Waals surface area contributed by atoms with Crippen LogP contribution in [0.1, 0.15) is 22.3 Å². The van der Waals surface area contributed by atoms with E-state index in [-0.39, 0.29) is 0 Å². The van der Waals surface area contributed by atoms with Crippen LogP contribution in [0.25, 0.3) is 60.5 Å². The maximum absolute atomic E-state index is 2.52. The van der Waals surface area contributed by atoms with E-state index in [4.69, 9.17) is 0 Å². The third kappa shape index (κ3) is 5.00. The lowest BCUT2D eigenvalue weighted by molar-refractivity contribution is 0.723. The van der Waals surface area contributed by atoms with Gasteiger partial charge in [-0.25, -0.2) is 0 Å². The van der Waals surface area contributed by atoms with Gasteiger partial charge in [0.05, 0.1) is 22.1 Å². The third-order valence-electron chi connectivity index (χ3n) is 13.2. The molecule has 2 heterocycles. The fraction of sp³-hybridized carbons (Fsp3) is 0.0169. The second kappa shape index (κ2) is 13.7. The number of nitrogens with zero attached hydrogens (tertiary/aromatic N) is 2. The van der Waals surface area contributed by atoms with Crippen LogP contribution in [0.2, 0.25) is 0 Å². The quantitative estimate of drug-likeness (QED) is 0.171. The van der Waals surface area contributed by atoms with Crippen molar-refractivity contribution in [2.24, 2.45) is 0 Å². The summed E-state index contributed by atoms with van der Waals surface area (Å²) in [7, 11) is 0. The Morgan fingerprint density at radius 1 is 0.371 bits per heavy atom. The minimum atomic E-state index is -0.515. The average molecular weight is 807 g/mol. The standard InChI is InChI=1S/C59H38N2S/c1-3-16-39(17-4-1)40-30-33-43(34-31-40)60(44-35-37-53-47(38-44)46-22-9-12-26-52(46)61(53)42-19-5-2-6-20-42)54-27-15-25-50-58(54)57-45-21-8-7-18-41(45)32-36-51(57)59(50)48-23-10-13-28-55(48)62-56-29-14-11-24-49(56)59/h1-38H. The first kappa shape index (κ1) is 35.2. The second-order valence-electron chi connectivity index (χ2n) is 16.4. The van der Waals surface area contributed by atoms with Crippen LogP contribution < -0.4 is 4.90 Å². The van der Waals surface area contributed by atoms with E-state index >= 15 is 0 Å². The third-order valence-corrected chi connectivity index (χ3v) is 14.4. The molecule has 10 aromatic carbocycles. The monoisotopic (exact) mass is 806 g/mol. The van der Waals surface area contributed by atoms with Gasteiger partial charge >= 0.3 is 0 Å². The molecule has 0 N–H and O–H groups in total. The molecule has 1 spiro atoms. The maximum atomic E-state index is 2.52. The number of benzene rings is 10. The van der Waals surface area contributed by atoms with Gasteiger partial charge in [-0.15, -0.1) is 0 Å². The Bertz CT molecular complexity index is 3500. The van der Waals surface area contributed by atoms with Gasteiger partial charge in [-0.3, -0.25) is 0 Å². The molecule has 11 aromatic rings. The molecule has 0 saturated carbocycles. The van der Waals surface area contributed by atoms with E-state index in [0.717, 1.165) is 22.7 Å². The van der Waals surface area contributed by atoms with E-state index in [0.29, 0.717) is 0 Å². The summed E-state index contributed by atoms with van der Waals surface area (Å²) in [5, 5.41) is 4.96. The molecule has 290 valence electrons. The van der Waals surface area contributed by atoms with E-state index in [1.807, 2.05) is 11.8 Å². The Labute approximate surface area is 365 Å². The molecule has 0 fully saturated rings. The fourth-order valence-corrected chi connectivity index (χ4v) is 11.9. The van der Waals surface area contributed by atoms with Crippen LogP contribution in [0, 0.1) is 0 Å². The molecule has 0 radical (unpaired) electrons. The largest absolute Gasteiger partial charge is 0.310 e. The van der Waals surface area contributed by atoms with E-state index in [9.17, 15) is 0 Å². The highest BCUT2D eigenvalue weighted by atomic mass is 32.2. The van der Waals surface area contributed by atoms with E-state index in [1.165, 1.54) is 86.9 Å². The van der Waals surface area contributed by atoms with Crippen molar-refractivity contribution in [1.29, 1.82) is 0 Å². The molecule has 0 saturated heterocycles. The summed E-state index contributed by atoms with van der Waals surface area (Å²) < 4.78 is 2.40. The molecule has 13 rings (SSSR count). The molecule has 0 amide bonds. The van der Waals surface area contributed by atoms with Gasteiger partial charge in [0.1, 0.15) is 0 Å². The molecule has 0 bridgehead atoms. The lowest BCUT2D eigenvalue weighted by Crippen LogP contribution is -2.32. The Morgan fingerprint density at radius 2 is 0.952 bits per heavy atom. The number of hydrogen-bond acceptors (Lipinski definition) is 2. The van der Waals surface area contributed by atoms with Gasteiger partial charge in [-0.05, 0) is 116 Å². The predicted molar refractivity (Wildman–Crippen MR) is 260 cm³/mol. The van der Waals surface area contributed by atoms with Crippen molar-refractivity contribution in [1.82, 2.24) is 4.57 Å². The molecular formula is C59H38N2S. The smallest absolute Gasteiger partial charge is 0.0736 e. The average Bonchev–Trinajstić information content (AvgIpc) is 3.84. The van der Waals surface area contributed by atoms with Crippen molar-refractivity contribution in [3.63, 3.8) is 0 Å². The number of aromatic nitrogens is 1. The summed E-state index contributed by atoms with van der Waals surface area (Å²) >= 11 is 1.89. The molecule has 2 nitrogen and oxygen atoms in total. The van der Waals surface area contributed by atoms with Gasteiger partial charge in [0.15, 0.2) is 0 Å². The van der Waals surface area contributed by atoms with E-state index in [1.54, 1.807) is 0 Å². The van der Waals surface area contributed by atoms with Gasteiger partial charge in [0.2, 0.25) is 0 Å². The zero-order valence-corrected chi connectivity index (χ0v) is 34.6. The molecule has 1 aliphatic heterocycles. The van der Waals surface area contributed by atoms with Crippen LogP contribution in [-0.2, 0) is 5.41 Å². The Hall–Kier alpha value is -7.59. The molecule has 1 aromatic heterocycles. The van der Waals surface area contributed by atoms with Crippen LogP contribution in [0.15, 0.2) is 240 Å². The van der Waals surface area contributed by atoms with E-state index in [2.05, 4.69) is 240 Å². The first-order valence-electron chi connectivity index (χ1n) is 21.3. The van der Waals surface area contributed by atoms with Crippen molar-refractivity contribution < 1.29 is 0 Å². The van der Waals surface area contributed by atoms with Crippen molar-refractivity contribution in [2.45, 2.75) is 15.2 Å². The van der Waals surface area contributed by atoms with Gasteiger partial charge < -0.3 is 9.47 Å². The highest BCUT2D eigenvalue weighted by Crippen LogP contribution is 2.65. The molecular weight excluding hydrogens is 769 g/mol. The predicted octanol–water partition coefficient (Wildman–Crippen LogP) is 15.9. The van der Waals surface area contributed by atoms with Gasteiger partial charge in [0, 0.05) is 43.2 Å². The highest BCUT2D eigenvalue weighted by Gasteiger charge is 2.51. The summed E-state index contributed by atoms with van der Waals surface area (Å²) in [6.07, 6.45) is 0. The highest BCUT2D eigenvalue weighted by molar-refractivity contribution is 7.99.